The smallest absolute Gasteiger partial charge is 0.306 e. The number of ether oxygens (including phenoxy) is 1. The van der Waals surface area contributed by atoms with Gasteiger partial charge in [0.25, 0.3) is 0 Å². The molecule has 0 radical (unpaired) electrons. The molecule has 1 unspecified atom stereocenters. The predicted molar refractivity (Wildman–Crippen MR) is 177 cm³/mol. The molecule has 4 nitrogen and oxygen atoms in total. The van der Waals surface area contributed by atoms with Gasteiger partial charge < -0.3 is 9.84 Å². The number of rotatable bonds is 33. The van der Waals surface area contributed by atoms with Crippen molar-refractivity contribution < 1.29 is 19.4 Å². The number of carbonyl (C=O) groups excluding carboxylic acids is 1. The summed E-state index contributed by atoms with van der Waals surface area (Å²) in [5, 5.41) is 8.74. The number of carboxylic acids is 1. The van der Waals surface area contributed by atoms with Crippen molar-refractivity contribution >= 4 is 11.9 Å². The van der Waals surface area contributed by atoms with E-state index < -0.39 is 5.97 Å². The Morgan fingerprint density at radius 1 is 0.512 bits per heavy atom. The normalized spacial score (nSPS) is 12.2. The molecule has 0 rings (SSSR count). The van der Waals surface area contributed by atoms with Crippen molar-refractivity contribution in [1.82, 2.24) is 0 Å². The van der Waals surface area contributed by atoms with Gasteiger partial charge in [-0.25, -0.2) is 0 Å². The van der Waals surface area contributed by atoms with Gasteiger partial charge in [0.15, 0.2) is 0 Å². The van der Waals surface area contributed by atoms with E-state index in [0.29, 0.717) is 6.42 Å². The van der Waals surface area contributed by atoms with E-state index in [1.807, 2.05) is 0 Å². The first-order valence-corrected chi connectivity index (χ1v) is 18.2. The molecule has 1 atom stereocenters. The van der Waals surface area contributed by atoms with Gasteiger partial charge in [0.05, 0.1) is 0 Å². The number of carboxylic acid groups (broad SMARTS) is 1. The quantitative estimate of drug-likeness (QED) is 0.0478. The van der Waals surface area contributed by atoms with E-state index in [9.17, 15) is 9.59 Å². The summed E-state index contributed by atoms with van der Waals surface area (Å²) in [4.78, 5) is 23.1. The third kappa shape index (κ3) is 33.1. The Kier molecular flexibility index (Phi) is 32.1. The molecule has 0 heterocycles. The SMILES string of the molecule is CCCCCCCC/C=C\CCCCCCCCCC(=O)OC(CCCCCCC)CCCCCCCCC(=O)O. The van der Waals surface area contributed by atoms with Crippen molar-refractivity contribution in [3.63, 3.8) is 0 Å². The van der Waals surface area contributed by atoms with Crippen LogP contribution in [0.3, 0.4) is 0 Å². The number of hydrogen-bond acceptors (Lipinski definition) is 3. The third-order valence-corrected chi connectivity index (χ3v) is 8.24. The minimum absolute atomic E-state index is 0.00461. The van der Waals surface area contributed by atoms with E-state index in [-0.39, 0.29) is 18.5 Å². The van der Waals surface area contributed by atoms with Gasteiger partial charge in [0.2, 0.25) is 0 Å². The van der Waals surface area contributed by atoms with E-state index >= 15 is 0 Å². The molecule has 0 fully saturated rings. The number of allylic oxidation sites excluding steroid dienone is 2. The van der Waals surface area contributed by atoms with E-state index in [4.69, 9.17) is 9.84 Å². The summed E-state index contributed by atoms with van der Waals surface area (Å²) in [6.07, 6.45) is 39.5. The van der Waals surface area contributed by atoms with Crippen LogP contribution in [0.25, 0.3) is 0 Å². The van der Waals surface area contributed by atoms with Crippen molar-refractivity contribution in [1.29, 1.82) is 0 Å². The Balaban J connectivity index is 3.82. The van der Waals surface area contributed by atoms with Gasteiger partial charge in [-0.15, -0.1) is 0 Å². The largest absolute Gasteiger partial charge is 0.481 e. The summed E-state index contributed by atoms with van der Waals surface area (Å²) < 4.78 is 5.95. The molecule has 0 aromatic heterocycles. The average molecular weight is 579 g/mol. The molecule has 1 N–H and O–H groups in total. The van der Waals surface area contributed by atoms with Gasteiger partial charge in [-0.1, -0.05) is 142 Å². The predicted octanol–water partition coefficient (Wildman–Crippen LogP) is 12.3. The minimum atomic E-state index is -0.693. The van der Waals surface area contributed by atoms with Crippen LogP contribution in [0, 0.1) is 0 Å². The number of unbranched alkanes of at least 4 members (excludes halogenated alkanes) is 22. The van der Waals surface area contributed by atoms with Gasteiger partial charge in [0, 0.05) is 12.8 Å². The summed E-state index contributed by atoms with van der Waals surface area (Å²) in [6, 6.07) is 0. The Hall–Kier alpha value is -1.32. The lowest BCUT2D eigenvalue weighted by atomic mass is 10.0. The van der Waals surface area contributed by atoms with E-state index in [1.165, 1.54) is 109 Å². The molecule has 0 aromatic carbocycles. The lowest BCUT2D eigenvalue weighted by Crippen LogP contribution is -2.18. The Morgan fingerprint density at radius 2 is 0.878 bits per heavy atom. The molecular weight excluding hydrogens is 508 g/mol. The highest BCUT2D eigenvalue weighted by atomic mass is 16.5. The van der Waals surface area contributed by atoms with Gasteiger partial charge in [-0.05, 0) is 64.2 Å². The van der Waals surface area contributed by atoms with E-state index in [2.05, 4.69) is 26.0 Å². The van der Waals surface area contributed by atoms with Crippen LogP contribution < -0.4 is 0 Å². The maximum Gasteiger partial charge on any atom is 0.306 e. The van der Waals surface area contributed by atoms with Crippen molar-refractivity contribution in [2.75, 3.05) is 0 Å². The number of carbonyl (C=O) groups is 2. The fraction of sp³-hybridized carbons (Fsp3) is 0.892. The molecule has 0 saturated heterocycles. The topological polar surface area (TPSA) is 63.6 Å². The Bertz CT molecular complexity index is 585. The Labute approximate surface area is 255 Å². The fourth-order valence-electron chi connectivity index (χ4n) is 5.53. The van der Waals surface area contributed by atoms with Crippen molar-refractivity contribution in [2.24, 2.45) is 0 Å². The van der Waals surface area contributed by atoms with Gasteiger partial charge in [-0.2, -0.15) is 0 Å². The summed E-state index contributed by atoms with van der Waals surface area (Å²) >= 11 is 0. The zero-order valence-corrected chi connectivity index (χ0v) is 27.6. The molecule has 0 amide bonds. The molecule has 0 aliphatic carbocycles. The second kappa shape index (κ2) is 33.2. The number of esters is 1. The molecule has 0 bridgehead atoms. The second-order valence-corrected chi connectivity index (χ2v) is 12.4. The summed E-state index contributed by atoms with van der Waals surface area (Å²) in [5.41, 5.74) is 0. The van der Waals surface area contributed by atoms with Crippen LogP contribution >= 0.6 is 0 Å². The maximum absolute atomic E-state index is 12.5. The molecule has 0 aliphatic rings. The highest BCUT2D eigenvalue weighted by molar-refractivity contribution is 5.69. The van der Waals surface area contributed by atoms with Crippen molar-refractivity contribution in [3.8, 4) is 0 Å². The number of aliphatic carboxylic acids is 1. The van der Waals surface area contributed by atoms with E-state index in [0.717, 1.165) is 70.6 Å². The Morgan fingerprint density at radius 3 is 1.32 bits per heavy atom. The lowest BCUT2D eigenvalue weighted by Gasteiger charge is -2.18. The zero-order valence-electron chi connectivity index (χ0n) is 27.6. The van der Waals surface area contributed by atoms with Gasteiger partial charge >= 0.3 is 11.9 Å². The molecule has 0 aromatic rings. The van der Waals surface area contributed by atoms with E-state index in [1.54, 1.807) is 0 Å². The molecule has 4 heteroatoms. The lowest BCUT2D eigenvalue weighted by molar-refractivity contribution is -0.150. The first kappa shape index (κ1) is 39.7. The van der Waals surface area contributed by atoms with Crippen LogP contribution in [0.2, 0.25) is 0 Å². The summed E-state index contributed by atoms with van der Waals surface area (Å²) in [7, 11) is 0. The van der Waals surface area contributed by atoms with Gasteiger partial charge in [0.1, 0.15) is 6.10 Å². The van der Waals surface area contributed by atoms with Crippen LogP contribution in [-0.2, 0) is 14.3 Å². The van der Waals surface area contributed by atoms with Crippen LogP contribution in [-0.4, -0.2) is 23.1 Å². The molecule has 242 valence electrons. The van der Waals surface area contributed by atoms with Crippen LogP contribution in [0.15, 0.2) is 12.2 Å². The first-order valence-electron chi connectivity index (χ1n) is 18.2. The van der Waals surface area contributed by atoms with Crippen LogP contribution in [0.1, 0.15) is 206 Å². The summed E-state index contributed by atoms with van der Waals surface area (Å²) in [6.45, 7) is 4.51. The number of hydrogen-bond donors (Lipinski definition) is 1. The first-order chi connectivity index (χ1) is 20.1. The summed E-state index contributed by atoms with van der Waals surface area (Å²) in [5.74, 6) is -0.689. The van der Waals surface area contributed by atoms with Gasteiger partial charge in [-0.3, -0.25) is 9.59 Å². The maximum atomic E-state index is 12.5. The third-order valence-electron chi connectivity index (χ3n) is 8.24. The monoisotopic (exact) mass is 579 g/mol. The van der Waals surface area contributed by atoms with Crippen LogP contribution in [0.4, 0.5) is 0 Å². The molecule has 0 spiro atoms. The molecule has 41 heavy (non-hydrogen) atoms. The highest BCUT2D eigenvalue weighted by Gasteiger charge is 2.14. The van der Waals surface area contributed by atoms with Crippen molar-refractivity contribution in [2.45, 2.75) is 213 Å². The fourth-order valence-corrected chi connectivity index (χ4v) is 5.53. The minimum Gasteiger partial charge on any atom is -0.481 e. The van der Waals surface area contributed by atoms with Crippen molar-refractivity contribution in [3.05, 3.63) is 12.2 Å². The second-order valence-electron chi connectivity index (χ2n) is 12.4. The highest BCUT2D eigenvalue weighted by Crippen LogP contribution is 2.18. The molecular formula is C37H70O4. The molecule has 0 saturated carbocycles. The van der Waals surface area contributed by atoms with Crippen LogP contribution in [0.5, 0.6) is 0 Å². The zero-order chi connectivity index (χ0) is 30.1. The molecule has 0 aliphatic heterocycles. The average Bonchev–Trinajstić information content (AvgIpc) is 2.95. The standard InChI is InChI=1S/C37H70O4/c1-3-5-7-9-10-11-12-13-14-15-16-17-18-19-20-26-30-34-37(40)41-35(31-27-23-8-6-4-2)32-28-24-21-22-25-29-33-36(38)39/h13-14,35H,3-12,15-34H2,1-2H3,(H,38,39)/b14-13-.